The van der Waals surface area contributed by atoms with Gasteiger partial charge in [0.1, 0.15) is 11.6 Å². The number of amides is 1. The van der Waals surface area contributed by atoms with E-state index in [1.807, 2.05) is 36.4 Å². The van der Waals surface area contributed by atoms with Gasteiger partial charge in [0.2, 0.25) is 5.91 Å². The predicted octanol–water partition coefficient (Wildman–Crippen LogP) is 4.91. The molecule has 6 rings (SSSR count). The first-order valence-electron chi connectivity index (χ1n) is 15.5. The Balaban J connectivity index is 1.08. The van der Waals surface area contributed by atoms with E-state index in [2.05, 4.69) is 44.3 Å². The van der Waals surface area contributed by atoms with E-state index in [4.69, 9.17) is 4.74 Å². The van der Waals surface area contributed by atoms with Crippen molar-refractivity contribution in [2.45, 2.75) is 50.7 Å². The molecule has 1 N–H and O–H groups in total. The maximum absolute atomic E-state index is 14.5. The van der Waals surface area contributed by atoms with Crippen molar-refractivity contribution in [3.05, 3.63) is 95.3 Å². The number of carbonyl (C=O) groups excluding carboxylic acids is 1. The van der Waals surface area contributed by atoms with Crippen molar-refractivity contribution in [2.24, 2.45) is 5.92 Å². The number of nitrogens with one attached hydrogen (secondary N) is 1. The number of nitrogens with zero attached hydrogens (tertiary/aromatic N) is 3. The number of halogens is 1. The third-order valence-corrected chi connectivity index (χ3v) is 9.64. The van der Waals surface area contributed by atoms with Gasteiger partial charge in [-0.1, -0.05) is 48.5 Å². The van der Waals surface area contributed by atoms with E-state index >= 15 is 0 Å². The highest BCUT2D eigenvalue weighted by Gasteiger charge is 2.38. The normalized spacial score (nSPS) is 21.7. The summed E-state index contributed by atoms with van der Waals surface area (Å²) in [4.78, 5) is 20.5. The van der Waals surface area contributed by atoms with E-state index in [9.17, 15) is 9.18 Å². The van der Waals surface area contributed by atoms with Crippen molar-refractivity contribution in [2.75, 3.05) is 51.3 Å². The molecular weight excluding hydrogens is 527 g/mol. The number of methoxy groups -OCH3 is 1. The van der Waals surface area contributed by atoms with Gasteiger partial charge in [0.05, 0.1) is 12.8 Å². The lowest BCUT2D eigenvalue weighted by atomic mass is 9.85. The number of piperazine rings is 1. The molecule has 2 heterocycles. The topological polar surface area (TPSA) is 48.1 Å². The van der Waals surface area contributed by atoms with Crippen LogP contribution < -0.4 is 15.0 Å². The molecule has 0 aromatic heterocycles. The second kappa shape index (κ2) is 13.3. The fraction of sp³-hybridized carbons (Fsp3) is 0.457. The fourth-order valence-corrected chi connectivity index (χ4v) is 7.29. The Morgan fingerprint density at radius 2 is 1.57 bits per heavy atom. The van der Waals surface area contributed by atoms with Gasteiger partial charge in [0.25, 0.3) is 0 Å². The fourth-order valence-electron chi connectivity index (χ4n) is 7.29. The third kappa shape index (κ3) is 6.63. The van der Waals surface area contributed by atoms with Crippen molar-refractivity contribution >= 4 is 11.6 Å². The van der Waals surface area contributed by atoms with E-state index < -0.39 is 0 Å². The number of anilines is 1. The smallest absolute Gasteiger partial charge is 0.220 e. The first kappa shape index (κ1) is 28.7. The third-order valence-electron chi connectivity index (χ3n) is 9.64. The van der Waals surface area contributed by atoms with Crippen LogP contribution in [-0.2, 0) is 24.2 Å². The van der Waals surface area contributed by atoms with Crippen LogP contribution in [0.5, 0.6) is 5.75 Å². The van der Waals surface area contributed by atoms with Crippen LogP contribution in [0.25, 0.3) is 0 Å². The van der Waals surface area contributed by atoms with E-state index in [0.717, 1.165) is 76.3 Å². The Hall–Kier alpha value is -3.42. The summed E-state index contributed by atoms with van der Waals surface area (Å²) in [7, 11) is 1.66. The number of rotatable bonds is 9. The summed E-state index contributed by atoms with van der Waals surface area (Å²) in [5.41, 5.74) is 4.75. The molecule has 0 unspecified atom stereocenters. The van der Waals surface area contributed by atoms with Gasteiger partial charge in [-0.05, 0) is 79.1 Å². The maximum atomic E-state index is 14.5. The molecule has 0 spiro atoms. The van der Waals surface area contributed by atoms with Crippen molar-refractivity contribution in [3.8, 4) is 5.75 Å². The van der Waals surface area contributed by atoms with Crippen molar-refractivity contribution in [1.82, 2.24) is 15.1 Å². The first-order valence-corrected chi connectivity index (χ1v) is 15.5. The molecule has 3 aromatic rings. The Bertz CT molecular complexity index is 1320. The number of hydrogen-bond donors (Lipinski definition) is 1. The second-order valence-corrected chi connectivity index (χ2v) is 12.1. The molecule has 2 fully saturated rings. The van der Waals surface area contributed by atoms with E-state index in [1.165, 1.54) is 11.1 Å². The molecule has 222 valence electrons. The zero-order valence-corrected chi connectivity index (χ0v) is 24.7. The zero-order chi connectivity index (χ0) is 28.9. The highest BCUT2D eigenvalue weighted by atomic mass is 19.1. The Kier molecular flexibility index (Phi) is 9.06. The minimum Gasteiger partial charge on any atom is -0.497 e. The quantitative estimate of drug-likeness (QED) is 0.396. The molecule has 0 radical (unpaired) electrons. The number of piperidine rings is 1. The van der Waals surface area contributed by atoms with Crippen molar-refractivity contribution in [3.63, 3.8) is 0 Å². The standard InChI is InChI=1S/C35H43FN4O2/c1-42-31-13-10-26(11-14-31)24-37-35(41)15-12-29-25-40(30-22-27-6-2-3-7-28(27)23-30)17-16-33(29)38-18-20-39(21-19-38)34-9-5-4-8-32(34)36/h2-11,13-14,29-30,33H,12,15-25H2,1H3,(H,37,41)/t29-,33+/m1/s1. The van der Waals surface area contributed by atoms with Crippen LogP contribution in [0, 0.1) is 11.7 Å². The highest BCUT2D eigenvalue weighted by Crippen LogP contribution is 2.33. The summed E-state index contributed by atoms with van der Waals surface area (Å²) < 4.78 is 19.7. The molecule has 3 aromatic carbocycles. The maximum Gasteiger partial charge on any atom is 0.220 e. The summed E-state index contributed by atoms with van der Waals surface area (Å²) in [5, 5.41) is 3.13. The SMILES string of the molecule is COc1ccc(CNC(=O)CC[C@@H]2CN(C3Cc4ccccc4C3)CC[C@@H]2N2CCN(c3ccccc3F)CC2)cc1. The van der Waals surface area contributed by atoms with Crippen LogP contribution in [0.2, 0.25) is 0 Å². The van der Waals surface area contributed by atoms with Crippen molar-refractivity contribution < 1.29 is 13.9 Å². The van der Waals surface area contributed by atoms with E-state index in [1.54, 1.807) is 19.2 Å². The summed E-state index contributed by atoms with van der Waals surface area (Å²) in [6.45, 7) is 6.16. The molecule has 6 nitrogen and oxygen atoms in total. The number of benzene rings is 3. The minimum absolute atomic E-state index is 0.110. The van der Waals surface area contributed by atoms with Gasteiger partial charge in [-0.2, -0.15) is 0 Å². The predicted molar refractivity (Wildman–Crippen MR) is 165 cm³/mol. The molecular formula is C35H43FN4O2. The Morgan fingerprint density at radius 1 is 0.881 bits per heavy atom. The molecule has 0 bridgehead atoms. The van der Waals surface area contributed by atoms with Crippen LogP contribution in [0.3, 0.4) is 0 Å². The lowest BCUT2D eigenvalue weighted by molar-refractivity contribution is -0.121. The summed E-state index contributed by atoms with van der Waals surface area (Å²) in [6.07, 6.45) is 4.77. The first-order chi connectivity index (χ1) is 20.6. The molecule has 3 aliphatic rings. The summed E-state index contributed by atoms with van der Waals surface area (Å²) >= 11 is 0. The largest absolute Gasteiger partial charge is 0.497 e. The lowest BCUT2D eigenvalue weighted by Gasteiger charge is -2.48. The van der Waals surface area contributed by atoms with Gasteiger partial charge < -0.3 is 15.0 Å². The van der Waals surface area contributed by atoms with E-state index in [0.29, 0.717) is 36.7 Å². The molecule has 2 saturated heterocycles. The van der Waals surface area contributed by atoms with Gasteiger partial charge in [-0.25, -0.2) is 4.39 Å². The van der Waals surface area contributed by atoms with Gasteiger partial charge >= 0.3 is 0 Å². The average molecular weight is 571 g/mol. The number of likely N-dealkylation sites (tertiary alicyclic amines) is 1. The van der Waals surface area contributed by atoms with Gasteiger partial charge in [-0.15, -0.1) is 0 Å². The number of para-hydroxylation sites is 1. The lowest BCUT2D eigenvalue weighted by Crippen LogP contribution is -2.58. The van der Waals surface area contributed by atoms with Gasteiger partial charge in [0.15, 0.2) is 0 Å². The van der Waals surface area contributed by atoms with Gasteiger partial charge in [0, 0.05) is 57.8 Å². The molecule has 42 heavy (non-hydrogen) atoms. The minimum atomic E-state index is -0.143. The van der Waals surface area contributed by atoms with Crippen molar-refractivity contribution in [1.29, 1.82) is 0 Å². The molecule has 0 saturated carbocycles. The number of hydrogen-bond acceptors (Lipinski definition) is 5. The van der Waals surface area contributed by atoms with Crippen LogP contribution in [0.15, 0.2) is 72.8 Å². The van der Waals surface area contributed by atoms with Gasteiger partial charge in [-0.3, -0.25) is 14.6 Å². The zero-order valence-electron chi connectivity index (χ0n) is 24.7. The molecule has 1 aliphatic carbocycles. The summed E-state index contributed by atoms with van der Waals surface area (Å²) in [5.74, 6) is 1.21. The molecule has 1 amide bonds. The van der Waals surface area contributed by atoms with Crippen LogP contribution in [0.4, 0.5) is 10.1 Å². The number of ether oxygens (including phenoxy) is 1. The molecule has 2 atom stereocenters. The highest BCUT2D eigenvalue weighted by molar-refractivity contribution is 5.75. The average Bonchev–Trinajstić information content (AvgIpc) is 3.48. The Labute approximate surface area is 249 Å². The summed E-state index contributed by atoms with van der Waals surface area (Å²) in [6, 6.07) is 24.8. The second-order valence-electron chi connectivity index (χ2n) is 12.1. The molecule has 2 aliphatic heterocycles. The van der Waals surface area contributed by atoms with Crippen LogP contribution in [0.1, 0.15) is 36.0 Å². The number of fused-ring (bicyclic) bond motifs is 1. The Morgan fingerprint density at radius 3 is 2.26 bits per heavy atom. The monoisotopic (exact) mass is 570 g/mol. The van der Waals surface area contributed by atoms with Crippen LogP contribution in [-0.4, -0.2) is 74.2 Å². The molecule has 7 heteroatoms. The van der Waals surface area contributed by atoms with Crippen LogP contribution >= 0.6 is 0 Å². The number of carbonyl (C=O) groups is 1. The van der Waals surface area contributed by atoms with E-state index in [-0.39, 0.29) is 11.7 Å².